The highest BCUT2D eigenvalue weighted by molar-refractivity contribution is 6.02. The van der Waals surface area contributed by atoms with Crippen molar-refractivity contribution in [2.45, 2.75) is 13.5 Å². The molecule has 0 aliphatic heterocycles. The van der Waals surface area contributed by atoms with E-state index in [2.05, 4.69) is 66.9 Å². The summed E-state index contributed by atoms with van der Waals surface area (Å²) in [6.07, 6.45) is 1.86. The molecule has 0 saturated carbocycles. The standard InChI is InChI=1S/C20H20N2/c1-3-22(14-16-12-10-15(2)11-13-16)19-9-5-7-17-6-4-8-18(21)20(17)19/h3-13H,1,14,21H2,2H3. The number of anilines is 2. The summed E-state index contributed by atoms with van der Waals surface area (Å²) in [6, 6.07) is 20.8. The van der Waals surface area contributed by atoms with Gasteiger partial charge in [-0.25, -0.2) is 0 Å². The predicted molar refractivity (Wildman–Crippen MR) is 95.9 cm³/mol. The molecule has 0 aromatic heterocycles. The van der Waals surface area contributed by atoms with E-state index in [4.69, 9.17) is 5.73 Å². The first kappa shape index (κ1) is 14.2. The number of hydrogen-bond donors (Lipinski definition) is 1. The largest absolute Gasteiger partial charge is 0.398 e. The van der Waals surface area contributed by atoms with Gasteiger partial charge in [-0.05, 0) is 36.2 Å². The minimum Gasteiger partial charge on any atom is -0.398 e. The molecule has 0 radical (unpaired) electrons. The Kier molecular flexibility index (Phi) is 3.84. The smallest absolute Gasteiger partial charge is 0.0509 e. The van der Waals surface area contributed by atoms with Crippen molar-refractivity contribution in [1.82, 2.24) is 0 Å². The zero-order valence-corrected chi connectivity index (χ0v) is 12.8. The Morgan fingerprint density at radius 3 is 2.36 bits per heavy atom. The molecule has 3 aromatic rings. The van der Waals surface area contributed by atoms with Gasteiger partial charge in [-0.3, -0.25) is 0 Å². The summed E-state index contributed by atoms with van der Waals surface area (Å²) in [7, 11) is 0. The molecule has 2 N–H and O–H groups in total. The van der Waals surface area contributed by atoms with Crippen LogP contribution in [0, 0.1) is 6.92 Å². The third-order valence-corrected chi connectivity index (χ3v) is 3.92. The van der Waals surface area contributed by atoms with E-state index >= 15 is 0 Å². The minimum absolute atomic E-state index is 0.775. The Bertz CT molecular complexity index is 798. The summed E-state index contributed by atoms with van der Waals surface area (Å²) < 4.78 is 0. The van der Waals surface area contributed by atoms with Crippen LogP contribution in [0.1, 0.15) is 11.1 Å². The normalized spacial score (nSPS) is 10.6. The molecule has 0 amide bonds. The number of nitrogens with two attached hydrogens (primary N) is 1. The topological polar surface area (TPSA) is 29.3 Å². The molecule has 2 heteroatoms. The van der Waals surface area contributed by atoms with Crippen LogP contribution in [-0.4, -0.2) is 0 Å². The Morgan fingerprint density at radius 2 is 1.68 bits per heavy atom. The van der Waals surface area contributed by atoms with Crippen LogP contribution in [0.2, 0.25) is 0 Å². The average molecular weight is 288 g/mol. The lowest BCUT2D eigenvalue weighted by Gasteiger charge is -2.23. The number of benzene rings is 3. The fourth-order valence-electron chi connectivity index (χ4n) is 2.73. The van der Waals surface area contributed by atoms with Crippen LogP contribution in [-0.2, 0) is 6.54 Å². The van der Waals surface area contributed by atoms with Gasteiger partial charge in [0.25, 0.3) is 0 Å². The SMILES string of the molecule is C=CN(Cc1ccc(C)cc1)c1cccc2cccc(N)c12. The summed E-state index contributed by atoms with van der Waals surface area (Å²) in [5, 5.41) is 2.23. The molecule has 0 fully saturated rings. The molecule has 0 atom stereocenters. The van der Waals surface area contributed by atoms with Crippen molar-refractivity contribution in [1.29, 1.82) is 0 Å². The summed E-state index contributed by atoms with van der Waals surface area (Å²) in [5.74, 6) is 0. The minimum atomic E-state index is 0.775. The molecule has 0 bridgehead atoms. The Labute approximate surface area is 131 Å². The first-order valence-corrected chi connectivity index (χ1v) is 7.41. The molecule has 0 unspecified atom stereocenters. The van der Waals surface area contributed by atoms with Crippen LogP contribution >= 0.6 is 0 Å². The molecule has 22 heavy (non-hydrogen) atoms. The van der Waals surface area contributed by atoms with E-state index in [1.165, 1.54) is 11.1 Å². The van der Waals surface area contributed by atoms with E-state index in [1.807, 2.05) is 18.3 Å². The van der Waals surface area contributed by atoms with Gasteiger partial charge in [-0.15, -0.1) is 0 Å². The first-order chi connectivity index (χ1) is 10.7. The van der Waals surface area contributed by atoms with Crippen molar-refractivity contribution in [2.24, 2.45) is 0 Å². The van der Waals surface area contributed by atoms with E-state index in [0.29, 0.717) is 0 Å². The molecule has 3 rings (SSSR count). The van der Waals surface area contributed by atoms with Crippen LogP contribution in [0.15, 0.2) is 73.4 Å². The molecule has 0 aliphatic carbocycles. The van der Waals surface area contributed by atoms with Crippen LogP contribution < -0.4 is 10.6 Å². The number of fused-ring (bicyclic) bond motifs is 1. The number of rotatable bonds is 4. The molecule has 3 aromatic carbocycles. The van der Waals surface area contributed by atoms with Crippen LogP contribution in [0.5, 0.6) is 0 Å². The molecule has 0 aliphatic rings. The van der Waals surface area contributed by atoms with Gasteiger partial charge >= 0.3 is 0 Å². The van der Waals surface area contributed by atoms with E-state index in [1.54, 1.807) is 0 Å². The second-order valence-corrected chi connectivity index (χ2v) is 5.52. The number of aryl methyl sites for hydroxylation is 1. The van der Waals surface area contributed by atoms with Crippen LogP contribution in [0.3, 0.4) is 0 Å². The molecular weight excluding hydrogens is 268 g/mol. The predicted octanol–water partition coefficient (Wildman–Crippen LogP) is 4.88. The maximum Gasteiger partial charge on any atom is 0.0509 e. The summed E-state index contributed by atoms with van der Waals surface area (Å²) in [5.41, 5.74) is 10.6. The monoisotopic (exact) mass is 288 g/mol. The van der Waals surface area contributed by atoms with Crippen molar-refractivity contribution in [3.63, 3.8) is 0 Å². The Morgan fingerprint density at radius 1 is 1.00 bits per heavy atom. The van der Waals surface area contributed by atoms with Gasteiger partial charge in [0, 0.05) is 17.6 Å². The summed E-state index contributed by atoms with van der Waals surface area (Å²) in [4.78, 5) is 2.14. The quantitative estimate of drug-likeness (QED) is 0.693. The van der Waals surface area contributed by atoms with Crippen molar-refractivity contribution in [2.75, 3.05) is 10.6 Å². The molecule has 0 heterocycles. The number of nitrogens with zero attached hydrogens (tertiary/aromatic N) is 1. The summed E-state index contributed by atoms with van der Waals surface area (Å²) >= 11 is 0. The zero-order valence-electron chi connectivity index (χ0n) is 12.8. The van der Waals surface area contributed by atoms with E-state index in [9.17, 15) is 0 Å². The van der Waals surface area contributed by atoms with Gasteiger partial charge in [-0.1, -0.05) is 60.7 Å². The van der Waals surface area contributed by atoms with Gasteiger partial charge in [0.1, 0.15) is 0 Å². The van der Waals surface area contributed by atoms with Crippen LogP contribution in [0.25, 0.3) is 10.8 Å². The zero-order chi connectivity index (χ0) is 15.5. The van der Waals surface area contributed by atoms with Gasteiger partial charge in [-0.2, -0.15) is 0 Å². The highest BCUT2D eigenvalue weighted by Crippen LogP contribution is 2.32. The average Bonchev–Trinajstić information content (AvgIpc) is 2.54. The van der Waals surface area contributed by atoms with Crippen molar-refractivity contribution >= 4 is 22.1 Å². The maximum absolute atomic E-state index is 6.20. The van der Waals surface area contributed by atoms with Gasteiger partial charge in [0.05, 0.1) is 5.69 Å². The lowest BCUT2D eigenvalue weighted by molar-refractivity contribution is 0.974. The molecule has 110 valence electrons. The Balaban J connectivity index is 2.04. The molecule has 0 spiro atoms. The first-order valence-electron chi connectivity index (χ1n) is 7.41. The lowest BCUT2D eigenvalue weighted by Crippen LogP contribution is -2.15. The van der Waals surface area contributed by atoms with Crippen molar-refractivity contribution in [3.05, 3.63) is 84.6 Å². The van der Waals surface area contributed by atoms with E-state index < -0.39 is 0 Å². The van der Waals surface area contributed by atoms with E-state index in [0.717, 1.165) is 28.7 Å². The number of nitrogen functional groups attached to an aromatic ring is 1. The highest BCUT2D eigenvalue weighted by Gasteiger charge is 2.10. The fraction of sp³-hybridized carbons (Fsp3) is 0.100. The molecular formula is C20H20N2. The third kappa shape index (κ3) is 2.68. The van der Waals surface area contributed by atoms with Gasteiger partial charge in [0.2, 0.25) is 0 Å². The second-order valence-electron chi connectivity index (χ2n) is 5.52. The van der Waals surface area contributed by atoms with Crippen LogP contribution in [0.4, 0.5) is 11.4 Å². The van der Waals surface area contributed by atoms with Crippen molar-refractivity contribution in [3.8, 4) is 0 Å². The highest BCUT2D eigenvalue weighted by atomic mass is 15.1. The Hall–Kier alpha value is -2.74. The van der Waals surface area contributed by atoms with Crippen molar-refractivity contribution < 1.29 is 0 Å². The third-order valence-electron chi connectivity index (χ3n) is 3.92. The second kappa shape index (κ2) is 5.94. The summed E-state index contributed by atoms with van der Waals surface area (Å²) in [6.45, 7) is 6.85. The van der Waals surface area contributed by atoms with Gasteiger partial charge in [0.15, 0.2) is 0 Å². The maximum atomic E-state index is 6.20. The van der Waals surface area contributed by atoms with Gasteiger partial charge < -0.3 is 10.6 Å². The van der Waals surface area contributed by atoms with E-state index in [-0.39, 0.29) is 0 Å². The molecule has 2 nitrogen and oxygen atoms in total. The molecule has 0 saturated heterocycles. The fourth-order valence-corrected chi connectivity index (χ4v) is 2.73. The number of hydrogen-bond acceptors (Lipinski definition) is 2. The lowest BCUT2D eigenvalue weighted by atomic mass is 10.1.